The van der Waals surface area contributed by atoms with E-state index >= 15 is 0 Å². The highest BCUT2D eigenvalue weighted by atomic mass is 19.1. The Labute approximate surface area is 182 Å². The summed E-state index contributed by atoms with van der Waals surface area (Å²) >= 11 is 0. The Morgan fingerprint density at radius 3 is 2.71 bits per heavy atom. The number of piperazine rings is 1. The molecule has 2 aromatic rings. The molecule has 0 unspecified atom stereocenters. The maximum absolute atomic E-state index is 13.9. The van der Waals surface area contributed by atoms with Gasteiger partial charge in [0, 0.05) is 32.7 Å². The van der Waals surface area contributed by atoms with Crippen molar-refractivity contribution >= 4 is 11.6 Å². The topological polar surface area (TPSA) is 91.1 Å². The van der Waals surface area contributed by atoms with Crippen molar-refractivity contribution in [2.75, 3.05) is 44.6 Å². The van der Waals surface area contributed by atoms with Gasteiger partial charge in [0.15, 0.2) is 5.69 Å². The molecule has 0 saturated carbocycles. The van der Waals surface area contributed by atoms with Crippen molar-refractivity contribution in [1.29, 1.82) is 0 Å². The van der Waals surface area contributed by atoms with Crippen LogP contribution in [0.4, 0.5) is 10.1 Å². The molecule has 1 fully saturated rings. The fraction of sp³-hybridized carbons (Fsp3) is 0.545. The molecule has 1 aliphatic heterocycles. The van der Waals surface area contributed by atoms with Gasteiger partial charge in [0.2, 0.25) is 5.89 Å². The van der Waals surface area contributed by atoms with E-state index in [4.69, 9.17) is 9.15 Å². The van der Waals surface area contributed by atoms with Crippen LogP contribution in [0.5, 0.6) is 0 Å². The number of ether oxygens (including phenoxy) is 1. The van der Waals surface area contributed by atoms with E-state index in [0.29, 0.717) is 25.6 Å². The van der Waals surface area contributed by atoms with Gasteiger partial charge in [-0.05, 0) is 38.5 Å². The number of carbonyl (C=O) groups is 1. The molecule has 1 saturated heterocycles. The number of aliphatic hydroxyl groups excluding tert-OH is 1. The SMILES string of the molecule is Cc1ccc(F)c(NC(=O)c2coc(CN3CCN(C[C@H](O)COC(C)C)CC3)n2)c1. The lowest BCUT2D eigenvalue weighted by Crippen LogP contribution is -2.48. The Bertz CT molecular complexity index is 865. The summed E-state index contributed by atoms with van der Waals surface area (Å²) in [5, 5.41) is 12.6. The number of hydrogen-bond donors (Lipinski definition) is 2. The minimum atomic E-state index is -0.512. The second-order valence-corrected chi connectivity index (χ2v) is 8.18. The smallest absolute Gasteiger partial charge is 0.277 e. The van der Waals surface area contributed by atoms with Gasteiger partial charge >= 0.3 is 0 Å². The molecule has 0 aliphatic carbocycles. The summed E-state index contributed by atoms with van der Waals surface area (Å²) in [6, 6.07) is 4.52. The zero-order chi connectivity index (χ0) is 22.4. The van der Waals surface area contributed by atoms with Gasteiger partial charge in [0.25, 0.3) is 5.91 Å². The molecule has 1 atom stereocenters. The Balaban J connectivity index is 1.45. The first-order valence-electron chi connectivity index (χ1n) is 10.6. The molecule has 1 aromatic heterocycles. The molecule has 1 aromatic carbocycles. The average Bonchev–Trinajstić information content (AvgIpc) is 3.19. The molecule has 2 heterocycles. The summed E-state index contributed by atoms with van der Waals surface area (Å²) < 4.78 is 24.8. The van der Waals surface area contributed by atoms with E-state index in [0.717, 1.165) is 31.7 Å². The maximum atomic E-state index is 13.9. The average molecular weight is 435 g/mol. The predicted molar refractivity (Wildman–Crippen MR) is 114 cm³/mol. The van der Waals surface area contributed by atoms with Crippen LogP contribution >= 0.6 is 0 Å². The van der Waals surface area contributed by atoms with Crippen LogP contribution in [0, 0.1) is 12.7 Å². The number of nitrogens with zero attached hydrogens (tertiary/aromatic N) is 3. The summed E-state index contributed by atoms with van der Waals surface area (Å²) in [5.41, 5.74) is 1.08. The summed E-state index contributed by atoms with van der Waals surface area (Å²) in [7, 11) is 0. The molecule has 9 heteroatoms. The quantitative estimate of drug-likeness (QED) is 0.626. The van der Waals surface area contributed by atoms with Gasteiger partial charge in [-0.25, -0.2) is 9.37 Å². The lowest BCUT2D eigenvalue weighted by molar-refractivity contribution is -0.0151. The Morgan fingerprint density at radius 2 is 2.00 bits per heavy atom. The number of oxazole rings is 1. The number of β-amino-alcohol motifs (C(OH)–C–C–N with tert-alkyl or cyclic N) is 1. The Hall–Kier alpha value is -2.33. The monoisotopic (exact) mass is 434 g/mol. The number of aryl methyl sites for hydroxylation is 1. The number of aromatic nitrogens is 1. The van der Waals surface area contributed by atoms with Crippen LogP contribution in [0.15, 0.2) is 28.9 Å². The molecule has 0 bridgehead atoms. The van der Waals surface area contributed by atoms with Crippen LogP contribution in [0.1, 0.15) is 35.8 Å². The van der Waals surface area contributed by atoms with Crippen LogP contribution in [-0.2, 0) is 11.3 Å². The standard InChI is InChI=1S/C22H31FN4O4/c1-15(2)30-13-17(28)11-26-6-8-27(9-7-26)12-21-24-20(14-31-21)22(29)25-19-10-16(3)4-5-18(19)23/h4-5,10,14-15,17,28H,6-9,11-13H2,1-3H3,(H,25,29)/t17-/m0/s1. The number of benzene rings is 1. The zero-order valence-electron chi connectivity index (χ0n) is 18.3. The van der Waals surface area contributed by atoms with Crippen molar-refractivity contribution < 1.29 is 23.4 Å². The van der Waals surface area contributed by atoms with Crippen LogP contribution in [0.3, 0.4) is 0 Å². The third-order valence-electron chi connectivity index (χ3n) is 5.07. The fourth-order valence-electron chi connectivity index (χ4n) is 3.38. The first-order chi connectivity index (χ1) is 14.8. The van der Waals surface area contributed by atoms with Gasteiger partial charge in [0.05, 0.1) is 31.0 Å². The number of anilines is 1. The minimum absolute atomic E-state index is 0.107. The lowest BCUT2D eigenvalue weighted by Gasteiger charge is -2.35. The van der Waals surface area contributed by atoms with E-state index in [2.05, 4.69) is 20.1 Å². The number of aliphatic hydroxyl groups is 1. The maximum Gasteiger partial charge on any atom is 0.277 e. The number of nitrogens with one attached hydrogen (secondary N) is 1. The number of halogens is 1. The largest absolute Gasteiger partial charge is 0.447 e. The Kier molecular flexibility index (Phi) is 8.14. The highest BCUT2D eigenvalue weighted by Gasteiger charge is 2.22. The summed E-state index contributed by atoms with van der Waals surface area (Å²) in [6.07, 6.45) is 0.898. The van der Waals surface area contributed by atoms with E-state index < -0.39 is 17.8 Å². The molecule has 3 rings (SSSR count). The second-order valence-electron chi connectivity index (χ2n) is 8.18. The van der Waals surface area contributed by atoms with Crippen molar-refractivity contribution in [3.8, 4) is 0 Å². The van der Waals surface area contributed by atoms with Crippen LogP contribution in [0.25, 0.3) is 0 Å². The third kappa shape index (κ3) is 7.10. The second kappa shape index (κ2) is 10.8. The highest BCUT2D eigenvalue weighted by Crippen LogP contribution is 2.17. The van der Waals surface area contributed by atoms with E-state index in [9.17, 15) is 14.3 Å². The van der Waals surface area contributed by atoms with Gasteiger partial charge in [-0.15, -0.1) is 0 Å². The van der Waals surface area contributed by atoms with E-state index in [1.54, 1.807) is 12.1 Å². The van der Waals surface area contributed by atoms with Crippen molar-refractivity contribution in [3.63, 3.8) is 0 Å². The lowest BCUT2D eigenvalue weighted by atomic mass is 10.2. The molecular formula is C22H31FN4O4. The number of rotatable bonds is 9. The van der Waals surface area contributed by atoms with E-state index in [-0.39, 0.29) is 17.5 Å². The molecule has 0 radical (unpaired) electrons. The van der Waals surface area contributed by atoms with E-state index in [1.807, 2.05) is 20.8 Å². The molecule has 1 amide bonds. The molecule has 8 nitrogen and oxygen atoms in total. The summed E-state index contributed by atoms with van der Waals surface area (Å²) in [5.74, 6) is -0.572. The van der Waals surface area contributed by atoms with Crippen LogP contribution in [0.2, 0.25) is 0 Å². The molecule has 170 valence electrons. The number of hydrogen-bond acceptors (Lipinski definition) is 7. The third-order valence-corrected chi connectivity index (χ3v) is 5.07. The predicted octanol–water partition coefficient (Wildman–Crippen LogP) is 2.28. The van der Waals surface area contributed by atoms with Crippen molar-refractivity contribution in [2.45, 2.75) is 39.5 Å². The molecule has 0 spiro atoms. The zero-order valence-corrected chi connectivity index (χ0v) is 18.3. The van der Waals surface area contributed by atoms with Gasteiger partial charge < -0.3 is 19.6 Å². The van der Waals surface area contributed by atoms with Crippen LogP contribution in [-0.4, -0.2) is 77.3 Å². The molecule has 2 N–H and O–H groups in total. The Morgan fingerprint density at radius 1 is 1.29 bits per heavy atom. The highest BCUT2D eigenvalue weighted by molar-refractivity contribution is 6.02. The van der Waals surface area contributed by atoms with Gasteiger partial charge in [-0.1, -0.05) is 6.07 Å². The van der Waals surface area contributed by atoms with Gasteiger partial charge in [-0.2, -0.15) is 0 Å². The number of amides is 1. The summed E-state index contributed by atoms with van der Waals surface area (Å²) in [4.78, 5) is 21.0. The minimum Gasteiger partial charge on any atom is -0.447 e. The van der Waals surface area contributed by atoms with Crippen LogP contribution < -0.4 is 5.32 Å². The molecule has 31 heavy (non-hydrogen) atoms. The van der Waals surface area contributed by atoms with Crippen molar-refractivity contribution in [1.82, 2.24) is 14.8 Å². The normalized spacial score (nSPS) is 16.6. The van der Waals surface area contributed by atoms with Crippen molar-refractivity contribution in [3.05, 3.63) is 47.4 Å². The van der Waals surface area contributed by atoms with E-state index in [1.165, 1.54) is 12.3 Å². The fourth-order valence-corrected chi connectivity index (χ4v) is 3.38. The molecular weight excluding hydrogens is 403 g/mol. The number of carbonyl (C=O) groups excluding carboxylic acids is 1. The summed E-state index contributed by atoms with van der Waals surface area (Å²) in [6.45, 7) is 10.4. The molecule has 1 aliphatic rings. The van der Waals surface area contributed by atoms with Gasteiger partial charge in [0.1, 0.15) is 12.1 Å². The van der Waals surface area contributed by atoms with Crippen molar-refractivity contribution in [2.24, 2.45) is 0 Å². The first kappa shape index (κ1) is 23.3. The first-order valence-corrected chi connectivity index (χ1v) is 10.6. The van der Waals surface area contributed by atoms with Gasteiger partial charge in [-0.3, -0.25) is 14.6 Å².